The van der Waals surface area contributed by atoms with Crippen molar-refractivity contribution in [3.63, 3.8) is 0 Å². The molecule has 0 bridgehead atoms. The number of aliphatic hydroxyl groups excluding tert-OH is 1. The molecule has 0 aliphatic carbocycles. The third kappa shape index (κ3) is 6.17. The van der Waals surface area contributed by atoms with E-state index >= 15 is 0 Å². The van der Waals surface area contributed by atoms with Crippen molar-refractivity contribution in [2.45, 2.75) is 32.9 Å². The van der Waals surface area contributed by atoms with E-state index < -0.39 is 0 Å². The molecule has 0 fully saturated rings. The van der Waals surface area contributed by atoms with E-state index in [1.54, 1.807) is 6.92 Å². The molecule has 1 unspecified atom stereocenters. The lowest BCUT2D eigenvalue weighted by atomic mass is 10.2. The van der Waals surface area contributed by atoms with Crippen LogP contribution in [0, 0.1) is 0 Å². The molecule has 20 heavy (non-hydrogen) atoms. The van der Waals surface area contributed by atoms with E-state index in [4.69, 9.17) is 0 Å². The van der Waals surface area contributed by atoms with Crippen LogP contribution in [0.15, 0.2) is 30.3 Å². The molecule has 0 aromatic heterocycles. The summed E-state index contributed by atoms with van der Waals surface area (Å²) in [5, 5.41) is 9.26. The van der Waals surface area contributed by atoms with E-state index in [-0.39, 0.29) is 12.0 Å². The second kappa shape index (κ2) is 8.72. The van der Waals surface area contributed by atoms with Crippen LogP contribution in [0.4, 0.5) is 0 Å². The van der Waals surface area contributed by atoms with Crippen LogP contribution < -0.4 is 0 Å². The lowest BCUT2D eigenvalue weighted by Crippen LogP contribution is -2.39. The van der Waals surface area contributed by atoms with E-state index in [0.29, 0.717) is 26.1 Å². The molecule has 0 heterocycles. The van der Waals surface area contributed by atoms with Crippen molar-refractivity contribution in [1.82, 2.24) is 9.80 Å². The molecule has 0 saturated heterocycles. The first-order valence-corrected chi connectivity index (χ1v) is 7.21. The highest BCUT2D eigenvalue weighted by atomic mass is 16.3. The summed E-state index contributed by atoms with van der Waals surface area (Å²) in [6, 6.07) is 10.0. The summed E-state index contributed by atoms with van der Waals surface area (Å²) < 4.78 is 0. The zero-order valence-electron chi connectivity index (χ0n) is 12.7. The summed E-state index contributed by atoms with van der Waals surface area (Å²) in [5.41, 5.74) is 1.15. The Balaban J connectivity index is 2.46. The number of nitrogens with zero attached hydrogens (tertiary/aromatic N) is 2. The molecule has 0 saturated carbocycles. The molecule has 1 aromatic rings. The van der Waals surface area contributed by atoms with E-state index in [0.717, 1.165) is 12.1 Å². The molecule has 0 spiro atoms. The quantitative estimate of drug-likeness (QED) is 0.787. The fourth-order valence-corrected chi connectivity index (χ4v) is 2.00. The molecule has 1 atom stereocenters. The number of hydrogen-bond acceptors (Lipinski definition) is 3. The lowest BCUT2D eigenvalue weighted by Gasteiger charge is -2.24. The minimum atomic E-state index is -0.320. The molecule has 1 amide bonds. The summed E-state index contributed by atoms with van der Waals surface area (Å²) in [7, 11) is 1.91. The van der Waals surface area contributed by atoms with Crippen molar-refractivity contribution in [2.75, 3.05) is 26.7 Å². The van der Waals surface area contributed by atoms with E-state index in [2.05, 4.69) is 0 Å². The van der Waals surface area contributed by atoms with Crippen LogP contribution >= 0.6 is 0 Å². The third-order valence-electron chi connectivity index (χ3n) is 3.28. The summed E-state index contributed by atoms with van der Waals surface area (Å²) in [5.74, 6) is 0.129. The van der Waals surface area contributed by atoms with Gasteiger partial charge in [-0.3, -0.25) is 9.69 Å². The molecule has 1 rings (SSSR count). The molecular formula is C16H26N2O2. The molecule has 1 N–H and O–H groups in total. The lowest BCUT2D eigenvalue weighted by molar-refractivity contribution is -0.132. The number of hydrogen-bond donors (Lipinski definition) is 1. The monoisotopic (exact) mass is 278 g/mol. The van der Waals surface area contributed by atoms with Crippen LogP contribution in [0.1, 0.15) is 25.8 Å². The van der Waals surface area contributed by atoms with E-state index in [1.165, 1.54) is 0 Å². The first kappa shape index (κ1) is 16.7. The summed E-state index contributed by atoms with van der Waals surface area (Å²) in [4.78, 5) is 16.1. The van der Waals surface area contributed by atoms with Crippen LogP contribution in [0.2, 0.25) is 0 Å². The average molecular weight is 278 g/mol. The zero-order valence-corrected chi connectivity index (χ0v) is 12.7. The van der Waals surface area contributed by atoms with Crippen LogP contribution in [-0.2, 0) is 11.3 Å². The SMILES string of the molecule is CCN(Cc1ccccc1)C(=O)CN(C)CCC(C)O. The molecule has 4 heteroatoms. The summed E-state index contributed by atoms with van der Waals surface area (Å²) in [6.07, 6.45) is 0.369. The highest BCUT2D eigenvalue weighted by molar-refractivity contribution is 5.78. The van der Waals surface area contributed by atoms with Gasteiger partial charge >= 0.3 is 0 Å². The van der Waals surface area contributed by atoms with Crippen LogP contribution in [-0.4, -0.2) is 53.6 Å². The van der Waals surface area contributed by atoms with Gasteiger partial charge in [-0.1, -0.05) is 30.3 Å². The van der Waals surface area contributed by atoms with Gasteiger partial charge < -0.3 is 10.0 Å². The summed E-state index contributed by atoms with van der Waals surface area (Å²) >= 11 is 0. The number of likely N-dealkylation sites (N-methyl/N-ethyl adjacent to an activating group) is 2. The zero-order chi connectivity index (χ0) is 15.0. The predicted molar refractivity (Wildman–Crippen MR) is 81.3 cm³/mol. The molecule has 112 valence electrons. The van der Waals surface area contributed by atoms with Gasteiger partial charge in [0, 0.05) is 19.6 Å². The third-order valence-corrected chi connectivity index (χ3v) is 3.28. The standard InChI is InChI=1S/C16H26N2O2/c1-4-18(12-15-8-6-5-7-9-15)16(20)13-17(3)11-10-14(2)19/h5-9,14,19H,4,10-13H2,1-3H3. The van der Waals surface area contributed by atoms with Crippen molar-refractivity contribution >= 4 is 5.91 Å². The fourth-order valence-electron chi connectivity index (χ4n) is 2.00. The maximum absolute atomic E-state index is 12.3. The molecule has 4 nitrogen and oxygen atoms in total. The van der Waals surface area contributed by atoms with Gasteiger partial charge in [-0.25, -0.2) is 0 Å². The molecule has 0 aliphatic heterocycles. The second-order valence-electron chi connectivity index (χ2n) is 5.27. The Morgan fingerprint density at radius 1 is 1.30 bits per heavy atom. The van der Waals surface area contributed by atoms with Gasteiger partial charge in [-0.15, -0.1) is 0 Å². The van der Waals surface area contributed by atoms with Crippen LogP contribution in [0.5, 0.6) is 0 Å². The Morgan fingerprint density at radius 3 is 2.50 bits per heavy atom. The number of carbonyl (C=O) groups excluding carboxylic acids is 1. The minimum absolute atomic E-state index is 0.129. The molecular weight excluding hydrogens is 252 g/mol. The van der Waals surface area contributed by atoms with Gasteiger partial charge in [-0.05, 0) is 32.9 Å². The number of carbonyl (C=O) groups is 1. The smallest absolute Gasteiger partial charge is 0.237 e. The largest absolute Gasteiger partial charge is 0.393 e. The maximum Gasteiger partial charge on any atom is 0.237 e. The predicted octanol–water partition coefficient (Wildman–Crippen LogP) is 1.74. The topological polar surface area (TPSA) is 43.8 Å². The van der Waals surface area contributed by atoms with Crippen molar-refractivity contribution < 1.29 is 9.90 Å². The van der Waals surface area contributed by atoms with Crippen molar-refractivity contribution in [2.24, 2.45) is 0 Å². The van der Waals surface area contributed by atoms with E-state index in [9.17, 15) is 9.90 Å². The Morgan fingerprint density at radius 2 is 1.95 bits per heavy atom. The normalized spacial score (nSPS) is 12.4. The fraction of sp³-hybridized carbons (Fsp3) is 0.562. The average Bonchev–Trinajstić information content (AvgIpc) is 2.43. The van der Waals surface area contributed by atoms with Gasteiger partial charge in [0.25, 0.3) is 0 Å². The number of rotatable bonds is 8. The van der Waals surface area contributed by atoms with Gasteiger partial charge in [0.05, 0.1) is 12.6 Å². The van der Waals surface area contributed by atoms with Crippen LogP contribution in [0.3, 0.4) is 0 Å². The number of aliphatic hydroxyl groups is 1. The van der Waals surface area contributed by atoms with E-state index in [1.807, 2.05) is 54.1 Å². The second-order valence-corrected chi connectivity index (χ2v) is 5.27. The van der Waals surface area contributed by atoms with Gasteiger partial charge in [-0.2, -0.15) is 0 Å². The van der Waals surface area contributed by atoms with Crippen LogP contribution in [0.25, 0.3) is 0 Å². The summed E-state index contributed by atoms with van der Waals surface area (Å²) in [6.45, 7) is 6.25. The molecule has 0 aliphatic rings. The Kier molecular flexibility index (Phi) is 7.26. The Labute approximate surface area is 122 Å². The maximum atomic E-state index is 12.3. The molecule has 1 aromatic carbocycles. The van der Waals surface area contributed by atoms with Crippen molar-refractivity contribution in [3.8, 4) is 0 Å². The number of amides is 1. The van der Waals surface area contributed by atoms with Gasteiger partial charge in [0.15, 0.2) is 0 Å². The Bertz CT molecular complexity index is 393. The van der Waals surface area contributed by atoms with Gasteiger partial charge in [0.1, 0.15) is 0 Å². The first-order valence-electron chi connectivity index (χ1n) is 7.21. The van der Waals surface area contributed by atoms with Crippen molar-refractivity contribution in [3.05, 3.63) is 35.9 Å². The van der Waals surface area contributed by atoms with Crippen molar-refractivity contribution in [1.29, 1.82) is 0 Å². The molecule has 0 radical (unpaired) electrons. The first-order chi connectivity index (χ1) is 9.52. The highest BCUT2D eigenvalue weighted by Crippen LogP contribution is 2.05. The highest BCUT2D eigenvalue weighted by Gasteiger charge is 2.14. The Hall–Kier alpha value is -1.39. The number of benzene rings is 1. The van der Waals surface area contributed by atoms with Gasteiger partial charge in [0.2, 0.25) is 5.91 Å². The minimum Gasteiger partial charge on any atom is -0.393 e.